The summed E-state index contributed by atoms with van der Waals surface area (Å²) in [7, 11) is -2.14. The summed E-state index contributed by atoms with van der Waals surface area (Å²) in [5.41, 5.74) is 0. The van der Waals surface area contributed by atoms with Crippen LogP contribution in [-0.4, -0.2) is 21.8 Å². The summed E-state index contributed by atoms with van der Waals surface area (Å²) in [4.78, 5) is 0. The Balaban J connectivity index is 4.95. The van der Waals surface area contributed by atoms with Gasteiger partial charge in [-0.15, -0.1) is 0 Å². The van der Waals surface area contributed by atoms with Crippen molar-refractivity contribution in [2.45, 2.75) is 85.2 Å². The lowest BCUT2D eigenvalue weighted by molar-refractivity contribution is 0.144. The van der Waals surface area contributed by atoms with E-state index in [0.717, 1.165) is 19.3 Å². The van der Waals surface area contributed by atoms with Gasteiger partial charge in [0, 0.05) is 18.3 Å². The Morgan fingerprint density at radius 2 is 1.42 bits per heavy atom. The van der Waals surface area contributed by atoms with Crippen molar-refractivity contribution >= 4 is 8.56 Å². The van der Waals surface area contributed by atoms with E-state index >= 15 is 0 Å². The molecule has 0 aliphatic carbocycles. The first-order valence-corrected chi connectivity index (χ1v) is 10.2. The molecule has 0 radical (unpaired) electrons. The zero-order valence-electron chi connectivity index (χ0n) is 14.3. The van der Waals surface area contributed by atoms with Crippen LogP contribution in [0, 0.1) is 5.92 Å². The highest BCUT2D eigenvalue weighted by Gasteiger charge is 2.52. The first kappa shape index (κ1) is 19.1. The van der Waals surface area contributed by atoms with E-state index in [4.69, 9.17) is 8.85 Å². The van der Waals surface area contributed by atoms with Crippen LogP contribution in [0.3, 0.4) is 0 Å². The maximum atomic E-state index is 6.29. The van der Waals surface area contributed by atoms with E-state index in [0.29, 0.717) is 5.92 Å². The molecule has 0 N–H and O–H groups in total. The monoisotopic (exact) mass is 288 g/mol. The zero-order chi connectivity index (χ0) is 14.9. The maximum Gasteiger partial charge on any atom is 0.344 e. The summed E-state index contributed by atoms with van der Waals surface area (Å²) in [5.74, 6) is 0.587. The van der Waals surface area contributed by atoms with Crippen LogP contribution in [-0.2, 0) is 8.85 Å². The van der Waals surface area contributed by atoms with Crippen molar-refractivity contribution in [2.75, 3.05) is 13.2 Å². The molecule has 3 heteroatoms. The fourth-order valence-electron chi connectivity index (χ4n) is 2.57. The highest BCUT2D eigenvalue weighted by molar-refractivity contribution is 6.70. The smallest absolute Gasteiger partial charge is 0.344 e. The van der Waals surface area contributed by atoms with Crippen molar-refractivity contribution in [2.24, 2.45) is 5.92 Å². The number of hydrogen-bond donors (Lipinski definition) is 0. The Morgan fingerprint density at radius 3 is 1.79 bits per heavy atom. The molecule has 0 spiro atoms. The molecular weight excluding hydrogens is 252 g/mol. The quantitative estimate of drug-likeness (QED) is 0.368. The van der Waals surface area contributed by atoms with Crippen molar-refractivity contribution in [1.29, 1.82) is 0 Å². The molecule has 0 amide bonds. The van der Waals surface area contributed by atoms with Gasteiger partial charge in [-0.2, -0.15) is 0 Å². The number of hydrogen-bond acceptors (Lipinski definition) is 2. The lowest BCUT2D eigenvalue weighted by Gasteiger charge is -2.45. The van der Waals surface area contributed by atoms with E-state index < -0.39 is 8.56 Å². The molecule has 0 saturated heterocycles. The Labute approximate surface area is 122 Å². The van der Waals surface area contributed by atoms with Gasteiger partial charge in [-0.3, -0.25) is 0 Å². The van der Waals surface area contributed by atoms with Crippen LogP contribution in [0.15, 0.2) is 0 Å². The highest BCUT2D eigenvalue weighted by Crippen LogP contribution is 2.48. The fourth-order valence-corrected chi connectivity index (χ4v) is 6.86. The molecule has 0 unspecified atom stereocenters. The summed E-state index contributed by atoms with van der Waals surface area (Å²) in [6.07, 6.45) is 5.16. The Bertz CT molecular complexity index is 221. The highest BCUT2D eigenvalue weighted by atomic mass is 28.4. The van der Waals surface area contributed by atoms with E-state index in [1.807, 2.05) is 0 Å². The van der Waals surface area contributed by atoms with Crippen LogP contribution in [0.4, 0.5) is 0 Å². The molecule has 0 aromatic carbocycles. The molecular formula is C16H36O2Si. The first-order chi connectivity index (χ1) is 8.88. The third-order valence-electron chi connectivity index (χ3n) is 4.54. The predicted octanol–water partition coefficient (Wildman–Crippen LogP) is 5.52. The molecule has 0 saturated carbocycles. The fraction of sp³-hybridized carbons (Fsp3) is 1.00. The van der Waals surface area contributed by atoms with E-state index in [1.165, 1.54) is 25.7 Å². The Morgan fingerprint density at radius 1 is 0.895 bits per heavy atom. The summed E-state index contributed by atoms with van der Waals surface area (Å²) in [6, 6.07) is 1.14. The average Bonchev–Trinajstić information content (AvgIpc) is 2.34. The summed E-state index contributed by atoms with van der Waals surface area (Å²) in [6.45, 7) is 17.3. The lowest BCUT2D eigenvalue weighted by Crippen LogP contribution is -2.53. The second-order valence-corrected chi connectivity index (χ2v) is 10.2. The van der Waals surface area contributed by atoms with Gasteiger partial charge in [-0.25, -0.2) is 0 Å². The van der Waals surface area contributed by atoms with Gasteiger partial charge >= 0.3 is 8.56 Å². The molecule has 0 aromatic rings. The van der Waals surface area contributed by atoms with Gasteiger partial charge in [0.25, 0.3) is 0 Å². The molecule has 0 atom stereocenters. The minimum absolute atomic E-state index is 0.158. The van der Waals surface area contributed by atoms with E-state index in [9.17, 15) is 0 Å². The Hall–Kier alpha value is 0.137. The second-order valence-electron chi connectivity index (χ2n) is 6.31. The first-order valence-electron chi connectivity index (χ1n) is 8.15. The van der Waals surface area contributed by atoms with Crippen molar-refractivity contribution in [3.05, 3.63) is 0 Å². The third kappa shape index (κ3) is 5.20. The van der Waals surface area contributed by atoms with Gasteiger partial charge in [-0.1, -0.05) is 60.3 Å². The van der Waals surface area contributed by atoms with E-state index in [-0.39, 0.29) is 5.04 Å². The van der Waals surface area contributed by atoms with Crippen molar-refractivity contribution < 1.29 is 8.85 Å². The summed E-state index contributed by atoms with van der Waals surface area (Å²) in [5, 5.41) is 0.158. The molecule has 0 aromatic heterocycles. The van der Waals surface area contributed by atoms with Gasteiger partial charge in [0.2, 0.25) is 0 Å². The molecule has 0 heterocycles. The standard InChI is InChI=1S/C16H36O2Si/c1-8-11-12-13-14-19(17-9-2,18-10-3)16(6,7)15(4)5/h15H,8-14H2,1-7H3. The molecule has 0 aliphatic rings. The van der Waals surface area contributed by atoms with E-state index in [1.54, 1.807) is 0 Å². The largest absolute Gasteiger partial charge is 0.394 e. The molecule has 19 heavy (non-hydrogen) atoms. The van der Waals surface area contributed by atoms with Crippen LogP contribution in [0.1, 0.15) is 74.1 Å². The van der Waals surface area contributed by atoms with E-state index in [2.05, 4.69) is 48.5 Å². The van der Waals surface area contributed by atoms with Crippen molar-refractivity contribution in [1.82, 2.24) is 0 Å². The molecule has 0 fully saturated rings. The van der Waals surface area contributed by atoms with Crippen LogP contribution < -0.4 is 0 Å². The van der Waals surface area contributed by atoms with Crippen molar-refractivity contribution in [3.63, 3.8) is 0 Å². The molecule has 2 nitrogen and oxygen atoms in total. The number of unbranched alkanes of at least 4 members (excludes halogenated alkanes) is 3. The predicted molar refractivity (Wildman–Crippen MR) is 86.8 cm³/mol. The minimum Gasteiger partial charge on any atom is -0.394 e. The SMILES string of the molecule is CCCCCC[Si](OCC)(OCC)C(C)(C)C(C)C. The van der Waals surface area contributed by atoms with Gasteiger partial charge in [0.05, 0.1) is 0 Å². The average molecular weight is 289 g/mol. The van der Waals surface area contributed by atoms with Crippen molar-refractivity contribution in [3.8, 4) is 0 Å². The lowest BCUT2D eigenvalue weighted by atomic mass is 9.99. The van der Waals surface area contributed by atoms with Gasteiger partial charge in [-0.05, 0) is 25.8 Å². The topological polar surface area (TPSA) is 18.5 Å². The zero-order valence-corrected chi connectivity index (χ0v) is 15.3. The van der Waals surface area contributed by atoms with Gasteiger partial charge < -0.3 is 8.85 Å². The van der Waals surface area contributed by atoms with Gasteiger partial charge in [0.1, 0.15) is 0 Å². The molecule has 116 valence electrons. The summed E-state index contributed by atoms with van der Waals surface area (Å²) < 4.78 is 12.6. The molecule has 0 rings (SSSR count). The third-order valence-corrected chi connectivity index (χ3v) is 9.60. The minimum atomic E-state index is -2.14. The van der Waals surface area contributed by atoms with Crippen LogP contribution in [0.5, 0.6) is 0 Å². The summed E-state index contributed by atoms with van der Waals surface area (Å²) >= 11 is 0. The molecule has 0 aliphatic heterocycles. The maximum absolute atomic E-state index is 6.29. The normalized spacial score (nSPS) is 13.3. The second kappa shape index (κ2) is 9.14. The van der Waals surface area contributed by atoms with Crippen LogP contribution in [0.25, 0.3) is 0 Å². The van der Waals surface area contributed by atoms with Crippen LogP contribution >= 0.6 is 0 Å². The number of rotatable bonds is 11. The van der Waals surface area contributed by atoms with Gasteiger partial charge in [0.15, 0.2) is 0 Å². The Kier molecular flexibility index (Phi) is 9.21. The molecule has 0 bridgehead atoms. The van der Waals surface area contributed by atoms with Crippen LogP contribution in [0.2, 0.25) is 11.1 Å².